The zero-order chi connectivity index (χ0) is 16.4. The van der Waals surface area contributed by atoms with Gasteiger partial charge in [-0.1, -0.05) is 29.8 Å². The molecule has 0 saturated carbocycles. The molecule has 3 aromatic rings. The van der Waals surface area contributed by atoms with Gasteiger partial charge in [-0.05, 0) is 43.3 Å². The van der Waals surface area contributed by atoms with Crippen LogP contribution in [0.4, 0.5) is 5.69 Å². The molecule has 116 valence electrons. The Morgan fingerprint density at radius 3 is 2.39 bits per heavy atom. The Bertz CT molecular complexity index is 825. The average molecular weight is 326 g/mol. The molecule has 2 aromatic carbocycles. The molecule has 0 radical (unpaired) electrons. The number of carbonyl (C=O) groups is 1. The van der Waals surface area contributed by atoms with Crippen LogP contribution in [-0.4, -0.2) is 22.7 Å². The molecule has 0 atom stereocenters. The van der Waals surface area contributed by atoms with Crippen LogP contribution >= 0.6 is 11.6 Å². The minimum absolute atomic E-state index is 0.0890. The van der Waals surface area contributed by atoms with E-state index < -0.39 is 0 Å². The van der Waals surface area contributed by atoms with Crippen molar-refractivity contribution in [2.45, 2.75) is 6.92 Å². The summed E-state index contributed by atoms with van der Waals surface area (Å²) in [5.41, 5.74) is 3.08. The lowest BCUT2D eigenvalue weighted by Gasteiger charge is -2.17. The molecular formula is C18H16ClN3O. The summed E-state index contributed by atoms with van der Waals surface area (Å²) in [4.78, 5) is 14.3. The van der Waals surface area contributed by atoms with Crippen molar-refractivity contribution in [2.24, 2.45) is 0 Å². The summed E-state index contributed by atoms with van der Waals surface area (Å²) in [7, 11) is 1.76. The Balaban J connectivity index is 1.92. The first-order chi connectivity index (χ1) is 11.1. The smallest absolute Gasteiger partial charge is 0.261 e. The normalized spacial score (nSPS) is 10.6. The van der Waals surface area contributed by atoms with Crippen LogP contribution in [-0.2, 0) is 0 Å². The highest BCUT2D eigenvalue weighted by Gasteiger charge is 2.19. The van der Waals surface area contributed by atoms with E-state index in [9.17, 15) is 4.79 Å². The Hall–Kier alpha value is -2.59. The summed E-state index contributed by atoms with van der Waals surface area (Å²) in [6, 6.07) is 16.9. The Morgan fingerprint density at radius 1 is 1.09 bits per heavy atom. The Labute approximate surface area is 139 Å². The number of nitrogens with zero attached hydrogens (tertiary/aromatic N) is 3. The molecule has 0 bridgehead atoms. The van der Waals surface area contributed by atoms with Gasteiger partial charge in [0.15, 0.2) is 0 Å². The third kappa shape index (κ3) is 2.98. The predicted octanol–water partition coefficient (Wildman–Crippen LogP) is 4.11. The van der Waals surface area contributed by atoms with E-state index in [4.69, 9.17) is 11.6 Å². The highest BCUT2D eigenvalue weighted by molar-refractivity contribution is 6.30. The minimum atomic E-state index is -0.0890. The van der Waals surface area contributed by atoms with Crippen molar-refractivity contribution in [1.82, 2.24) is 9.78 Å². The molecule has 0 unspecified atom stereocenters. The molecule has 0 aliphatic heterocycles. The van der Waals surface area contributed by atoms with Crippen LogP contribution in [0.5, 0.6) is 0 Å². The van der Waals surface area contributed by atoms with Gasteiger partial charge in [-0.25, -0.2) is 4.68 Å². The van der Waals surface area contributed by atoms with Crippen molar-refractivity contribution < 1.29 is 4.79 Å². The summed E-state index contributed by atoms with van der Waals surface area (Å²) in [6.07, 6.45) is 1.60. The summed E-state index contributed by atoms with van der Waals surface area (Å²) in [5, 5.41) is 5.00. The molecule has 0 saturated heterocycles. The highest BCUT2D eigenvalue weighted by Crippen LogP contribution is 2.20. The summed E-state index contributed by atoms with van der Waals surface area (Å²) in [6.45, 7) is 1.88. The molecular weight excluding hydrogens is 310 g/mol. The van der Waals surface area contributed by atoms with Crippen LogP contribution in [0.2, 0.25) is 5.02 Å². The Morgan fingerprint density at radius 2 is 1.74 bits per heavy atom. The van der Waals surface area contributed by atoms with Crippen LogP contribution in [0.25, 0.3) is 5.69 Å². The molecule has 0 fully saturated rings. The first-order valence-corrected chi connectivity index (χ1v) is 7.59. The van der Waals surface area contributed by atoms with Crippen LogP contribution in [0.15, 0.2) is 60.8 Å². The fraction of sp³-hybridized carbons (Fsp3) is 0.111. The number of halogens is 1. The van der Waals surface area contributed by atoms with Gasteiger partial charge in [0.25, 0.3) is 5.91 Å². The second-order valence-electron chi connectivity index (χ2n) is 5.23. The number of hydrogen-bond donors (Lipinski definition) is 0. The summed E-state index contributed by atoms with van der Waals surface area (Å²) < 4.78 is 1.74. The van der Waals surface area contributed by atoms with E-state index >= 15 is 0 Å². The number of anilines is 1. The van der Waals surface area contributed by atoms with Gasteiger partial charge < -0.3 is 4.90 Å². The molecule has 0 spiro atoms. The van der Waals surface area contributed by atoms with Crippen LogP contribution in [0, 0.1) is 6.92 Å². The number of amides is 1. The van der Waals surface area contributed by atoms with Gasteiger partial charge in [-0.15, -0.1) is 0 Å². The lowest BCUT2D eigenvalue weighted by Crippen LogP contribution is -2.26. The van der Waals surface area contributed by atoms with Gasteiger partial charge >= 0.3 is 0 Å². The van der Waals surface area contributed by atoms with E-state index in [1.807, 2.05) is 49.4 Å². The molecule has 4 nitrogen and oxygen atoms in total. The molecule has 3 rings (SSSR count). The van der Waals surface area contributed by atoms with E-state index in [0.29, 0.717) is 10.6 Å². The standard InChI is InChI=1S/C18H16ClN3O/c1-13-17(18(23)21(2)15-6-4-3-5-7-15)12-20-22(13)16-10-8-14(19)9-11-16/h3-12H,1-2H3. The van der Waals surface area contributed by atoms with Crippen molar-refractivity contribution in [3.05, 3.63) is 77.1 Å². The zero-order valence-corrected chi connectivity index (χ0v) is 13.7. The van der Waals surface area contributed by atoms with Crippen molar-refractivity contribution in [1.29, 1.82) is 0 Å². The maximum atomic E-state index is 12.7. The van der Waals surface area contributed by atoms with E-state index in [1.165, 1.54) is 0 Å². The second-order valence-corrected chi connectivity index (χ2v) is 5.67. The lowest BCUT2D eigenvalue weighted by atomic mass is 10.2. The number of benzene rings is 2. The third-order valence-electron chi connectivity index (χ3n) is 3.76. The topological polar surface area (TPSA) is 38.1 Å². The first kappa shape index (κ1) is 15.3. The number of hydrogen-bond acceptors (Lipinski definition) is 2. The second kappa shape index (κ2) is 6.26. The maximum Gasteiger partial charge on any atom is 0.261 e. The van der Waals surface area contributed by atoms with E-state index in [-0.39, 0.29) is 5.91 Å². The predicted molar refractivity (Wildman–Crippen MR) is 92.5 cm³/mol. The zero-order valence-electron chi connectivity index (χ0n) is 12.9. The molecule has 1 aromatic heterocycles. The molecule has 1 amide bonds. The van der Waals surface area contributed by atoms with E-state index in [1.54, 1.807) is 35.0 Å². The van der Waals surface area contributed by atoms with Crippen LogP contribution < -0.4 is 4.90 Å². The molecule has 1 heterocycles. The van der Waals surface area contributed by atoms with Gasteiger partial charge in [-0.2, -0.15) is 5.10 Å². The number of rotatable bonds is 3. The summed E-state index contributed by atoms with van der Waals surface area (Å²) >= 11 is 5.91. The first-order valence-electron chi connectivity index (χ1n) is 7.21. The largest absolute Gasteiger partial charge is 0.311 e. The molecule has 0 aliphatic rings. The van der Waals surface area contributed by atoms with Gasteiger partial charge in [0, 0.05) is 17.8 Å². The average Bonchev–Trinajstić information content (AvgIpc) is 2.96. The van der Waals surface area contributed by atoms with E-state index in [2.05, 4.69) is 5.10 Å². The molecule has 23 heavy (non-hydrogen) atoms. The quantitative estimate of drug-likeness (QED) is 0.726. The van der Waals surface area contributed by atoms with E-state index in [0.717, 1.165) is 17.1 Å². The molecule has 5 heteroatoms. The summed E-state index contributed by atoms with van der Waals surface area (Å²) in [5.74, 6) is -0.0890. The number of para-hydroxylation sites is 1. The van der Waals surface area contributed by atoms with Crippen molar-refractivity contribution in [3.8, 4) is 5.69 Å². The fourth-order valence-corrected chi connectivity index (χ4v) is 2.54. The van der Waals surface area contributed by atoms with Crippen LogP contribution in [0.1, 0.15) is 16.1 Å². The Kier molecular flexibility index (Phi) is 4.17. The van der Waals surface area contributed by atoms with Gasteiger partial charge in [0.2, 0.25) is 0 Å². The highest BCUT2D eigenvalue weighted by atomic mass is 35.5. The monoisotopic (exact) mass is 325 g/mol. The number of aromatic nitrogens is 2. The fourth-order valence-electron chi connectivity index (χ4n) is 2.41. The van der Waals surface area contributed by atoms with Gasteiger partial charge in [-0.3, -0.25) is 4.79 Å². The van der Waals surface area contributed by atoms with Crippen molar-refractivity contribution in [3.63, 3.8) is 0 Å². The molecule has 0 N–H and O–H groups in total. The minimum Gasteiger partial charge on any atom is -0.311 e. The van der Waals surface area contributed by atoms with Crippen LogP contribution in [0.3, 0.4) is 0 Å². The van der Waals surface area contributed by atoms with Gasteiger partial charge in [0.05, 0.1) is 23.1 Å². The molecule has 0 aliphatic carbocycles. The van der Waals surface area contributed by atoms with Gasteiger partial charge in [0.1, 0.15) is 0 Å². The van der Waals surface area contributed by atoms with Crippen molar-refractivity contribution in [2.75, 3.05) is 11.9 Å². The lowest BCUT2D eigenvalue weighted by molar-refractivity contribution is 0.0992. The third-order valence-corrected chi connectivity index (χ3v) is 4.01. The van der Waals surface area contributed by atoms with Crippen molar-refractivity contribution >= 4 is 23.2 Å². The number of carbonyl (C=O) groups excluding carboxylic acids is 1. The maximum absolute atomic E-state index is 12.7. The SMILES string of the molecule is Cc1c(C(=O)N(C)c2ccccc2)cnn1-c1ccc(Cl)cc1.